The van der Waals surface area contributed by atoms with Crippen LogP contribution >= 0.6 is 0 Å². The first-order valence-electron chi connectivity index (χ1n) is 7.64. The predicted molar refractivity (Wildman–Crippen MR) is 81.3 cm³/mol. The third-order valence-corrected chi connectivity index (χ3v) is 4.40. The number of nitrogens with one attached hydrogen (secondary N) is 1. The van der Waals surface area contributed by atoms with E-state index in [0.717, 1.165) is 32.2 Å². The first kappa shape index (κ1) is 16.3. The molecule has 5 heteroatoms. The highest BCUT2D eigenvalue weighted by molar-refractivity contribution is 5.23. The van der Waals surface area contributed by atoms with Gasteiger partial charge in [0.2, 0.25) is 0 Å². The molecule has 0 aliphatic carbocycles. The molecule has 1 aromatic carbocycles. The molecule has 1 N–H and O–H groups in total. The van der Waals surface area contributed by atoms with Crippen molar-refractivity contribution in [1.82, 2.24) is 15.1 Å². The van der Waals surface area contributed by atoms with Crippen molar-refractivity contribution >= 4 is 0 Å². The Kier molecular flexibility index (Phi) is 5.67. The van der Waals surface area contributed by atoms with Crippen molar-refractivity contribution in [3.8, 4) is 0 Å². The molecule has 1 fully saturated rings. The minimum absolute atomic E-state index is 0.193. The second-order valence-corrected chi connectivity index (χ2v) is 5.72. The van der Waals surface area contributed by atoms with Crippen LogP contribution in [0.2, 0.25) is 0 Å². The molecule has 2 rings (SSSR count). The monoisotopic (exact) mass is 297 g/mol. The van der Waals surface area contributed by atoms with E-state index in [1.54, 1.807) is 19.2 Å². The Balaban J connectivity index is 2.05. The summed E-state index contributed by atoms with van der Waals surface area (Å²) in [4.78, 5) is 4.76. The van der Waals surface area contributed by atoms with Crippen molar-refractivity contribution in [3.05, 3.63) is 35.4 Å². The van der Waals surface area contributed by atoms with Crippen LogP contribution in [0.25, 0.3) is 0 Å². The van der Waals surface area contributed by atoms with Gasteiger partial charge in [0.25, 0.3) is 0 Å². The van der Waals surface area contributed by atoms with Crippen LogP contribution in [0.1, 0.15) is 25.5 Å². The van der Waals surface area contributed by atoms with Gasteiger partial charge in [0.1, 0.15) is 0 Å². The topological polar surface area (TPSA) is 18.5 Å². The summed E-state index contributed by atoms with van der Waals surface area (Å²) in [6.07, 6.45) is 0. The number of hydrogen-bond acceptors (Lipinski definition) is 3. The van der Waals surface area contributed by atoms with Crippen LogP contribution in [-0.4, -0.2) is 55.6 Å². The van der Waals surface area contributed by atoms with Crippen LogP contribution in [0, 0.1) is 11.6 Å². The molecule has 2 unspecified atom stereocenters. The van der Waals surface area contributed by atoms with Crippen molar-refractivity contribution in [1.29, 1.82) is 0 Å². The highest BCUT2D eigenvalue weighted by Crippen LogP contribution is 2.21. The Labute approximate surface area is 125 Å². The fourth-order valence-electron chi connectivity index (χ4n) is 3.10. The quantitative estimate of drug-likeness (QED) is 0.899. The molecular weight excluding hydrogens is 272 g/mol. The largest absolute Gasteiger partial charge is 0.312 e. The zero-order chi connectivity index (χ0) is 15.4. The number of hydrogen-bond donors (Lipinski definition) is 1. The summed E-state index contributed by atoms with van der Waals surface area (Å²) < 4.78 is 27.3. The average Bonchev–Trinajstić information content (AvgIpc) is 2.48. The van der Waals surface area contributed by atoms with Crippen molar-refractivity contribution in [3.63, 3.8) is 0 Å². The Bertz CT molecular complexity index is 467. The number of halogens is 2. The molecule has 1 aliphatic rings. The van der Waals surface area contributed by atoms with Gasteiger partial charge in [-0.05, 0) is 26.6 Å². The zero-order valence-electron chi connectivity index (χ0n) is 13.1. The normalized spacial score (nSPS) is 22.4. The van der Waals surface area contributed by atoms with Gasteiger partial charge < -0.3 is 5.32 Å². The van der Waals surface area contributed by atoms with Crippen molar-refractivity contribution < 1.29 is 8.78 Å². The van der Waals surface area contributed by atoms with E-state index in [9.17, 15) is 8.78 Å². The van der Waals surface area contributed by atoms with E-state index in [-0.39, 0.29) is 6.04 Å². The number of nitrogens with zero attached hydrogens (tertiary/aromatic N) is 2. The van der Waals surface area contributed by atoms with Crippen LogP contribution in [-0.2, 0) is 0 Å². The minimum Gasteiger partial charge on any atom is -0.312 e. The van der Waals surface area contributed by atoms with Gasteiger partial charge >= 0.3 is 0 Å². The molecule has 1 aliphatic heterocycles. The third kappa shape index (κ3) is 3.78. The van der Waals surface area contributed by atoms with Gasteiger partial charge in [0, 0.05) is 43.8 Å². The zero-order valence-corrected chi connectivity index (χ0v) is 13.1. The van der Waals surface area contributed by atoms with Gasteiger partial charge in [-0.25, -0.2) is 8.78 Å². The number of likely N-dealkylation sites (N-methyl/N-ethyl adjacent to an activating group) is 2. The number of benzene rings is 1. The van der Waals surface area contributed by atoms with Crippen LogP contribution in [0.3, 0.4) is 0 Å². The fraction of sp³-hybridized carbons (Fsp3) is 0.625. The van der Waals surface area contributed by atoms with Crippen molar-refractivity contribution in [2.75, 3.05) is 39.8 Å². The molecule has 0 amide bonds. The number of rotatable bonds is 5. The average molecular weight is 297 g/mol. The van der Waals surface area contributed by atoms with E-state index >= 15 is 0 Å². The molecule has 0 spiro atoms. The van der Waals surface area contributed by atoms with E-state index in [0.29, 0.717) is 18.2 Å². The van der Waals surface area contributed by atoms with Gasteiger partial charge in [0.05, 0.1) is 0 Å². The summed E-state index contributed by atoms with van der Waals surface area (Å²) in [5, 5.41) is 3.11. The Morgan fingerprint density at radius 2 is 2.10 bits per heavy atom. The molecule has 118 valence electrons. The number of piperazine rings is 1. The summed E-state index contributed by atoms with van der Waals surface area (Å²) in [6, 6.07) is 4.69. The molecule has 21 heavy (non-hydrogen) atoms. The second-order valence-electron chi connectivity index (χ2n) is 5.72. The molecule has 2 atom stereocenters. The van der Waals surface area contributed by atoms with Gasteiger partial charge in [-0.3, -0.25) is 9.80 Å². The van der Waals surface area contributed by atoms with Crippen molar-refractivity contribution in [2.45, 2.75) is 25.9 Å². The van der Waals surface area contributed by atoms with Crippen molar-refractivity contribution in [2.24, 2.45) is 0 Å². The van der Waals surface area contributed by atoms with E-state index in [1.807, 2.05) is 0 Å². The van der Waals surface area contributed by atoms with Gasteiger partial charge in [0.15, 0.2) is 11.6 Å². The second kappa shape index (κ2) is 7.29. The van der Waals surface area contributed by atoms with Gasteiger partial charge in [-0.1, -0.05) is 19.1 Å². The highest BCUT2D eigenvalue weighted by Gasteiger charge is 2.25. The lowest BCUT2D eigenvalue weighted by molar-refractivity contribution is 0.0815. The van der Waals surface area contributed by atoms with E-state index in [4.69, 9.17) is 0 Å². The van der Waals surface area contributed by atoms with E-state index < -0.39 is 11.6 Å². The Morgan fingerprint density at radius 3 is 2.71 bits per heavy atom. The summed E-state index contributed by atoms with van der Waals surface area (Å²) >= 11 is 0. The van der Waals surface area contributed by atoms with Crippen LogP contribution in [0.4, 0.5) is 8.78 Å². The smallest absolute Gasteiger partial charge is 0.163 e. The van der Waals surface area contributed by atoms with Gasteiger partial charge in [-0.15, -0.1) is 0 Å². The molecule has 0 saturated carbocycles. The van der Waals surface area contributed by atoms with E-state index in [1.165, 1.54) is 0 Å². The standard InChI is InChI=1S/C16H25F2N3/c1-4-21-9-8-20(10-12(21)2)11-15(19-3)13-6-5-7-14(17)16(13)18/h5-7,12,15,19H,4,8-11H2,1-3H3. The first-order valence-corrected chi connectivity index (χ1v) is 7.64. The molecule has 1 heterocycles. The SMILES string of the molecule is CCN1CCN(CC(NC)c2cccc(F)c2F)CC1C. The lowest BCUT2D eigenvalue weighted by atomic mass is 10.0. The summed E-state index contributed by atoms with van der Waals surface area (Å²) in [5.41, 5.74) is 0.406. The van der Waals surface area contributed by atoms with Crippen LogP contribution < -0.4 is 5.32 Å². The molecule has 0 bridgehead atoms. The van der Waals surface area contributed by atoms with Crippen LogP contribution in [0.15, 0.2) is 18.2 Å². The summed E-state index contributed by atoms with van der Waals surface area (Å²) in [7, 11) is 1.79. The maximum absolute atomic E-state index is 13.9. The molecule has 3 nitrogen and oxygen atoms in total. The maximum atomic E-state index is 13.9. The minimum atomic E-state index is -0.781. The fourth-order valence-corrected chi connectivity index (χ4v) is 3.10. The maximum Gasteiger partial charge on any atom is 0.163 e. The summed E-state index contributed by atoms with van der Waals surface area (Å²) in [5.74, 6) is -1.52. The molecule has 0 aromatic heterocycles. The first-order chi connectivity index (χ1) is 10.1. The highest BCUT2D eigenvalue weighted by atomic mass is 19.2. The Hall–Kier alpha value is -1.04. The van der Waals surface area contributed by atoms with E-state index in [2.05, 4.69) is 29.0 Å². The van der Waals surface area contributed by atoms with Gasteiger partial charge in [-0.2, -0.15) is 0 Å². The molecule has 0 radical (unpaired) electrons. The Morgan fingerprint density at radius 1 is 1.33 bits per heavy atom. The molecule has 1 aromatic rings. The third-order valence-electron chi connectivity index (χ3n) is 4.40. The summed E-state index contributed by atoms with van der Waals surface area (Å²) in [6.45, 7) is 9.09. The molecular formula is C16H25F2N3. The molecule has 1 saturated heterocycles. The lowest BCUT2D eigenvalue weighted by Gasteiger charge is -2.40. The van der Waals surface area contributed by atoms with Crippen LogP contribution in [0.5, 0.6) is 0 Å². The lowest BCUT2D eigenvalue weighted by Crippen LogP contribution is -2.53. The predicted octanol–water partition coefficient (Wildman–Crippen LogP) is 2.25.